The molecule has 1 rings (SSSR count). The molecule has 0 aromatic carbocycles. The highest BCUT2D eigenvalue weighted by atomic mass is 15.3. The molecule has 0 radical (unpaired) electrons. The van der Waals surface area contributed by atoms with Gasteiger partial charge >= 0.3 is 0 Å². The van der Waals surface area contributed by atoms with Crippen molar-refractivity contribution in [3.05, 3.63) is 0 Å². The first-order valence-corrected chi connectivity index (χ1v) is 7.11. The number of hydrogen-bond acceptors (Lipinski definition) is 3. The summed E-state index contributed by atoms with van der Waals surface area (Å²) in [5.41, 5.74) is 0. The fraction of sp³-hybridized carbons (Fsp3) is 1.00. The predicted octanol–water partition coefficient (Wildman–Crippen LogP) is 1.64. The number of likely N-dealkylation sites (N-methyl/N-ethyl adjacent to an activating group) is 2. The third-order valence-electron chi connectivity index (χ3n) is 4.59. The van der Waals surface area contributed by atoms with Crippen LogP contribution in [-0.4, -0.2) is 61.7 Å². The van der Waals surface area contributed by atoms with Crippen LogP contribution in [-0.2, 0) is 0 Å². The van der Waals surface area contributed by atoms with Gasteiger partial charge in [0.15, 0.2) is 0 Å². The summed E-state index contributed by atoms with van der Waals surface area (Å²) in [4.78, 5) is 5.12. The summed E-state index contributed by atoms with van der Waals surface area (Å²) in [6.07, 6.45) is 1.25. The maximum absolute atomic E-state index is 3.49. The lowest BCUT2D eigenvalue weighted by atomic mass is 9.97. The Morgan fingerprint density at radius 2 is 1.76 bits per heavy atom. The predicted molar refractivity (Wildman–Crippen MR) is 75.4 cm³/mol. The third-order valence-corrected chi connectivity index (χ3v) is 4.59. The number of rotatable bonds is 5. The van der Waals surface area contributed by atoms with Crippen LogP contribution in [0.4, 0.5) is 0 Å². The van der Waals surface area contributed by atoms with Crippen molar-refractivity contribution >= 4 is 0 Å². The first-order valence-electron chi connectivity index (χ1n) is 7.11. The monoisotopic (exact) mass is 241 g/mol. The molecule has 4 atom stereocenters. The zero-order chi connectivity index (χ0) is 13.0. The third kappa shape index (κ3) is 3.94. The summed E-state index contributed by atoms with van der Waals surface area (Å²) in [5, 5.41) is 3.49. The van der Waals surface area contributed by atoms with E-state index in [-0.39, 0.29) is 0 Å². The molecular weight excluding hydrogens is 210 g/mol. The topological polar surface area (TPSA) is 18.5 Å². The second kappa shape index (κ2) is 6.72. The molecule has 0 amide bonds. The van der Waals surface area contributed by atoms with Crippen LogP contribution >= 0.6 is 0 Å². The van der Waals surface area contributed by atoms with Gasteiger partial charge in [0.1, 0.15) is 0 Å². The van der Waals surface area contributed by atoms with E-state index in [2.05, 4.69) is 56.9 Å². The molecule has 1 fully saturated rings. The lowest BCUT2D eigenvalue weighted by Gasteiger charge is -2.44. The highest BCUT2D eigenvalue weighted by Crippen LogP contribution is 2.16. The maximum Gasteiger partial charge on any atom is 0.0217 e. The first kappa shape index (κ1) is 14.9. The summed E-state index contributed by atoms with van der Waals surface area (Å²) in [6.45, 7) is 12.9. The molecule has 0 aromatic heterocycles. The molecule has 4 unspecified atom stereocenters. The second-order valence-corrected chi connectivity index (χ2v) is 5.86. The van der Waals surface area contributed by atoms with E-state index < -0.39 is 0 Å². The minimum absolute atomic E-state index is 0.628. The maximum atomic E-state index is 3.49. The Morgan fingerprint density at radius 1 is 1.24 bits per heavy atom. The molecule has 3 heteroatoms. The molecule has 0 aliphatic carbocycles. The molecule has 0 spiro atoms. The number of nitrogens with zero attached hydrogens (tertiary/aromatic N) is 2. The summed E-state index contributed by atoms with van der Waals surface area (Å²) >= 11 is 0. The van der Waals surface area contributed by atoms with Gasteiger partial charge in [-0.15, -0.1) is 0 Å². The van der Waals surface area contributed by atoms with Gasteiger partial charge in [0.2, 0.25) is 0 Å². The minimum atomic E-state index is 0.628. The van der Waals surface area contributed by atoms with Crippen molar-refractivity contribution in [2.45, 2.75) is 52.2 Å². The zero-order valence-corrected chi connectivity index (χ0v) is 12.5. The lowest BCUT2D eigenvalue weighted by Crippen LogP contribution is -2.57. The molecule has 1 N–H and O–H groups in total. The van der Waals surface area contributed by atoms with Crippen molar-refractivity contribution < 1.29 is 0 Å². The Bertz CT molecular complexity index is 208. The van der Waals surface area contributed by atoms with Crippen molar-refractivity contribution in [2.75, 3.05) is 33.7 Å². The fourth-order valence-electron chi connectivity index (χ4n) is 2.78. The quantitative estimate of drug-likeness (QED) is 0.789. The average Bonchev–Trinajstić information content (AvgIpc) is 2.31. The van der Waals surface area contributed by atoms with E-state index in [0.29, 0.717) is 18.1 Å². The van der Waals surface area contributed by atoms with Gasteiger partial charge in [-0.2, -0.15) is 0 Å². The molecule has 0 aromatic rings. The van der Waals surface area contributed by atoms with Crippen molar-refractivity contribution in [1.29, 1.82) is 0 Å². The molecule has 0 saturated carbocycles. The standard InChI is InChI=1S/C14H31N3/c1-7-11(2)14(15-5)10-17-8-12(3)16(6)13(4)9-17/h11-15H,7-10H2,1-6H3. The largest absolute Gasteiger partial charge is 0.315 e. The number of piperazine rings is 1. The summed E-state index contributed by atoms with van der Waals surface area (Å²) in [7, 11) is 4.34. The molecule has 1 heterocycles. The minimum Gasteiger partial charge on any atom is -0.315 e. The van der Waals surface area contributed by atoms with E-state index in [1.54, 1.807) is 0 Å². The Labute approximate surface area is 108 Å². The second-order valence-electron chi connectivity index (χ2n) is 5.86. The Hall–Kier alpha value is -0.120. The SMILES string of the molecule is CCC(C)C(CN1CC(C)N(C)C(C)C1)NC. The van der Waals surface area contributed by atoms with Crippen molar-refractivity contribution in [3.8, 4) is 0 Å². The normalized spacial score (nSPS) is 31.4. The van der Waals surface area contributed by atoms with E-state index in [0.717, 1.165) is 5.92 Å². The van der Waals surface area contributed by atoms with Gasteiger partial charge in [0.05, 0.1) is 0 Å². The Morgan fingerprint density at radius 3 is 2.18 bits per heavy atom. The van der Waals surface area contributed by atoms with Crippen molar-refractivity contribution in [2.24, 2.45) is 5.92 Å². The van der Waals surface area contributed by atoms with Gasteiger partial charge in [0.25, 0.3) is 0 Å². The molecule has 17 heavy (non-hydrogen) atoms. The highest BCUT2D eigenvalue weighted by molar-refractivity contribution is 4.85. The Balaban J connectivity index is 2.50. The summed E-state index contributed by atoms with van der Waals surface area (Å²) in [6, 6.07) is 1.98. The molecule has 102 valence electrons. The van der Waals surface area contributed by atoms with Gasteiger partial charge < -0.3 is 5.32 Å². The zero-order valence-electron chi connectivity index (χ0n) is 12.5. The first-order chi connectivity index (χ1) is 7.99. The van der Waals surface area contributed by atoms with Crippen LogP contribution in [0.1, 0.15) is 34.1 Å². The molecule has 3 nitrogen and oxygen atoms in total. The van der Waals surface area contributed by atoms with Gasteiger partial charge in [0, 0.05) is 37.8 Å². The lowest BCUT2D eigenvalue weighted by molar-refractivity contribution is 0.0507. The van der Waals surface area contributed by atoms with Gasteiger partial charge in [-0.1, -0.05) is 20.3 Å². The number of nitrogens with one attached hydrogen (secondary N) is 1. The molecule has 1 aliphatic heterocycles. The van der Waals surface area contributed by atoms with Crippen LogP contribution in [0.25, 0.3) is 0 Å². The van der Waals surface area contributed by atoms with E-state index in [1.807, 2.05) is 0 Å². The van der Waals surface area contributed by atoms with E-state index in [9.17, 15) is 0 Å². The van der Waals surface area contributed by atoms with Crippen LogP contribution in [0.15, 0.2) is 0 Å². The van der Waals surface area contributed by atoms with Gasteiger partial charge in [-0.05, 0) is 33.9 Å². The van der Waals surface area contributed by atoms with Crippen LogP contribution in [0, 0.1) is 5.92 Å². The highest BCUT2D eigenvalue weighted by Gasteiger charge is 2.28. The van der Waals surface area contributed by atoms with Crippen LogP contribution in [0.2, 0.25) is 0 Å². The van der Waals surface area contributed by atoms with Crippen LogP contribution < -0.4 is 5.32 Å². The number of hydrogen-bond donors (Lipinski definition) is 1. The van der Waals surface area contributed by atoms with E-state index in [1.165, 1.54) is 26.1 Å². The van der Waals surface area contributed by atoms with Gasteiger partial charge in [-0.3, -0.25) is 9.80 Å². The van der Waals surface area contributed by atoms with Gasteiger partial charge in [-0.25, -0.2) is 0 Å². The Kier molecular flexibility index (Phi) is 5.90. The van der Waals surface area contributed by atoms with Crippen molar-refractivity contribution in [3.63, 3.8) is 0 Å². The molecule has 0 bridgehead atoms. The van der Waals surface area contributed by atoms with E-state index in [4.69, 9.17) is 0 Å². The molecular formula is C14H31N3. The average molecular weight is 241 g/mol. The van der Waals surface area contributed by atoms with E-state index >= 15 is 0 Å². The van der Waals surface area contributed by atoms with Crippen molar-refractivity contribution in [1.82, 2.24) is 15.1 Å². The smallest absolute Gasteiger partial charge is 0.0217 e. The summed E-state index contributed by atoms with van der Waals surface area (Å²) < 4.78 is 0. The summed E-state index contributed by atoms with van der Waals surface area (Å²) in [5.74, 6) is 0.755. The molecule has 1 aliphatic rings. The molecule has 1 saturated heterocycles. The van der Waals surface area contributed by atoms with Crippen LogP contribution in [0.5, 0.6) is 0 Å². The fourth-order valence-corrected chi connectivity index (χ4v) is 2.78. The van der Waals surface area contributed by atoms with Crippen LogP contribution in [0.3, 0.4) is 0 Å².